The Hall–Kier alpha value is -3.39. The van der Waals surface area contributed by atoms with Gasteiger partial charge in [-0.3, -0.25) is 9.89 Å². The molecule has 1 aromatic heterocycles. The van der Waals surface area contributed by atoms with Crippen LogP contribution in [0.4, 0.5) is 0 Å². The number of amides is 1. The van der Waals surface area contributed by atoms with Crippen LogP contribution in [0.2, 0.25) is 0 Å². The van der Waals surface area contributed by atoms with Crippen molar-refractivity contribution in [1.82, 2.24) is 20.5 Å². The maximum Gasteiger partial charge on any atom is 0.246 e. The summed E-state index contributed by atoms with van der Waals surface area (Å²) in [6, 6.07) is 16.7. The standard InChI is InChI=1S/C21H22N4O4/c1-2-27-15-8-10-16(11-9-15)28-12-17-22-21(25-24-17)20-19(23-18(26)13-29-20)14-6-4-3-5-7-14/h3-11,19-20H,2,12-13H2,1H3,(H,23,26)(H,22,24,25)/t19-,20+/m1/s1. The van der Waals surface area contributed by atoms with Crippen molar-refractivity contribution in [3.63, 3.8) is 0 Å². The van der Waals surface area contributed by atoms with Gasteiger partial charge in [-0.2, -0.15) is 5.10 Å². The number of H-pyrrole nitrogens is 1. The molecule has 1 fully saturated rings. The monoisotopic (exact) mass is 394 g/mol. The zero-order valence-electron chi connectivity index (χ0n) is 16.0. The maximum atomic E-state index is 11.8. The molecule has 1 amide bonds. The molecule has 8 nitrogen and oxygen atoms in total. The molecular formula is C21H22N4O4. The third-order valence-corrected chi connectivity index (χ3v) is 4.49. The molecule has 2 atom stereocenters. The Morgan fingerprint density at radius 1 is 1.07 bits per heavy atom. The van der Waals surface area contributed by atoms with Gasteiger partial charge in [0, 0.05) is 0 Å². The Balaban J connectivity index is 1.44. The molecule has 29 heavy (non-hydrogen) atoms. The smallest absolute Gasteiger partial charge is 0.246 e. The zero-order chi connectivity index (χ0) is 20.1. The van der Waals surface area contributed by atoms with Crippen LogP contribution in [0.25, 0.3) is 0 Å². The molecule has 8 heteroatoms. The summed E-state index contributed by atoms with van der Waals surface area (Å²) < 4.78 is 16.9. The Morgan fingerprint density at radius 3 is 2.52 bits per heavy atom. The first-order chi connectivity index (χ1) is 14.2. The minimum Gasteiger partial charge on any atom is -0.494 e. The molecule has 0 spiro atoms. The predicted octanol–water partition coefficient (Wildman–Crippen LogP) is 2.71. The van der Waals surface area contributed by atoms with Crippen LogP contribution in [-0.2, 0) is 16.1 Å². The third-order valence-electron chi connectivity index (χ3n) is 4.49. The van der Waals surface area contributed by atoms with E-state index in [2.05, 4.69) is 20.5 Å². The van der Waals surface area contributed by atoms with Crippen molar-refractivity contribution in [3.8, 4) is 11.5 Å². The van der Waals surface area contributed by atoms with Crippen molar-refractivity contribution in [2.24, 2.45) is 0 Å². The molecule has 0 unspecified atom stereocenters. The number of rotatable bonds is 7. The van der Waals surface area contributed by atoms with Crippen molar-refractivity contribution in [3.05, 3.63) is 71.8 Å². The topological polar surface area (TPSA) is 98.4 Å². The Morgan fingerprint density at radius 2 is 1.79 bits per heavy atom. The minimum absolute atomic E-state index is 0.0272. The van der Waals surface area contributed by atoms with Gasteiger partial charge < -0.3 is 19.5 Å². The Labute approximate surface area is 168 Å². The van der Waals surface area contributed by atoms with Gasteiger partial charge in [-0.25, -0.2) is 4.98 Å². The number of carbonyl (C=O) groups excluding carboxylic acids is 1. The summed E-state index contributed by atoms with van der Waals surface area (Å²) in [7, 11) is 0. The molecule has 150 valence electrons. The van der Waals surface area contributed by atoms with Crippen molar-refractivity contribution in [2.75, 3.05) is 13.2 Å². The van der Waals surface area contributed by atoms with Crippen LogP contribution in [0.1, 0.15) is 36.3 Å². The summed E-state index contributed by atoms with van der Waals surface area (Å²) in [5.74, 6) is 2.38. The van der Waals surface area contributed by atoms with E-state index in [0.29, 0.717) is 24.0 Å². The number of carbonyl (C=O) groups is 1. The number of ether oxygens (including phenoxy) is 3. The van der Waals surface area contributed by atoms with E-state index in [1.165, 1.54) is 0 Å². The number of hydrogen-bond donors (Lipinski definition) is 2. The van der Waals surface area contributed by atoms with Gasteiger partial charge in [-0.15, -0.1) is 0 Å². The lowest BCUT2D eigenvalue weighted by Crippen LogP contribution is -2.42. The maximum absolute atomic E-state index is 11.8. The lowest BCUT2D eigenvalue weighted by Gasteiger charge is -2.30. The van der Waals surface area contributed by atoms with Crippen molar-refractivity contribution < 1.29 is 19.0 Å². The van der Waals surface area contributed by atoms with Gasteiger partial charge in [-0.05, 0) is 36.8 Å². The predicted molar refractivity (Wildman–Crippen MR) is 104 cm³/mol. The molecule has 0 aliphatic carbocycles. The SMILES string of the molecule is CCOc1ccc(OCc2nc([C@H]3OCC(=O)N[C@@H]3c3ccccc3)n[nH]2)cc1. The van der Waals surface area contributed by atoms with E-state index in [1.54, 1.807) is 0 Å². The quantitative estimate of drug-likeness (QED) is 0.639. The van der Waals surface area contributed by atoms with Crippen LogP contribution in [0, 0.1) is 0 Å². The highest BCUT2D eigenvalue weighted by molar-refractivity contribution is 5.78. The third kappa shape index (κ3) is 4.55. The molecule has 2 heterocycles. The average Bonchev–Trinajstić information content (AvgIpc) is 3.23. The van der Waals surface area contributed by atoms with Crippen LogP contribution < -0.4 is 14.8 Å². The highest BCUT2D eigenvalue weighted by Gasteiger charge is 2.34. The van der Waals surface area contributed by atoms with E-state index in [-0.39, 0.29) is 25.2 Å². The number of aromatic nitrogens is 3. The summed E-state index contributed by atoms with van der Waals surface area (Å²) in [5.41, 5.74) is 0.933. The van der Waals surface area contributed by atoms with E-state index in [0.717, 1.165) is 11.3 Å². The molecule has 0 saturated carbocycles. The van der Waals surface area contributed by atoms with Crippen LogP contribution in [-0.4, -0.2) is 34.3 Å². The van der Waals surface area contributed by atoms with E-state index < -0.39 is 6.10 Å². The molecule has 0 radical (unpaired) electrons. The second-order valence-electron chi connectivity index (χ2n) is 6.52. The summed E-state index contributed by atoms with van der Waals surface area (Å²) in [6.07, 6.45) is -0.481. The fourth-order valence-corrected chi connectivity index (χ4v) is 3.15. The molecular weight excluding hydrogens is 372 g/mol. The van der Waals surface area contributed by atoms with Gasteiger partial charge >= 0.3 is 0 Å². The summed E-state index contributed by atoms with van der Waals surface area (Å²) >= 11 is 0. The van der Waals surface area contributed by atoms with E-state index in [4.69, 9.17) is 14.2 Å². The molecule has 2 N–H and O–H groups in total. The molecule has 0 bridgehead atoms. The van der Waals surface area contributed by atoms with Gasteiger partial charge in [-0.1, -0.05) is 30.3 Å². The van der Waals surface area contributed by atoms with Crippen LogP contribution in [0.5, 0.6) is 11.5 Å². The van der Waals surface area contributed by atoms with Gasteiger partial charge in [0.05, 0.1) is 12.6 Å². The van der Waals surface area contributed by atoms with Crippen LogP contribution in [0.3, 0.4) is 0 Å². The summed E-state index contributed by atoms with van der Waals surface area (Å²) in [6.45, 7) is 2.76. The first-order valence-corrected chi connectivity index (χ1v) is 9.45. The first kappa shape index (κ1) is 18.9. The Bertz CT molecular complexity index is 943. The summed E-state index contributed by atoms with van der Waals surface area (Å²) in [5, 5.41) is 10.1. The number of nitrogens with one attached hydrogen (secondary N) is 2. The Kier molecular flexibility index (Phi) is 5.71. The summed E-state index contributed by atoms with van der Waals surface area (Å²) in [4.78, 5) is 16.3. The van der Waals surface area contributed by atoms with E-state index in [9.17, 15) is 4.79 Å². The fourth-order valence-electron chi connectivity index (χ4n) is 3.15. The van der Waals surface area contributed by atoms with Crippen molar-refractivity contribution in [2.45, 2.75) is 25.7 Å². The van der Waals surface area contributed by atoms with Crippen LogP contribution in [0.15, 0.2) is 54.6 Å². The van der Waals surface area contributed by atoms with Gasteiger partial charge in [0.2, 0.25) is 5.91 Å². The minimum atomic E-state index is -0.481. The van der Waals surface area contributed by atoms with E-state index in [1.807, 2.05) is 61.5 Å². The lowest BCUT2D eigenvalue weighted by molar-refractivity contribution is -0.137. The van der Waals surface area contributed by atoms with Gasteiger partial charge in [0.25, 0.3) is 0 Å². The van der Waals surface area contributed by atoms with Gasteiger partial charge in [0.15, 0.2) is 11.6 Å². The van der Waals surface area contributed by atoms with Gasteiger partial charge in [0.1, 0.15) is 30.8 Å². The number of aromatic amines is 1. The molecule has 1 saturated heterocycles. The number of morpholine rings is 1. The number of hydrogen-bond acceptors (Lipinski definition) is 6. The molecule has 2 aromatic carbocycles. The number of nitrogens with zero attached hydrogens (tertiary/aromatic N) is 2. The fraction of sp³-hybridized carbons (Fsp3) is 0.286. The normalized spacial score (nSPS) is 18.9. The second-order valence-corrected chi connectivity index (χ2v) is 6.52. The lowest BCUT2D eigenvalue weighted by atomic mass is 9.99. The largest absolute Gasteiger partial charge is 0.494 e. The van der Waals surface area contributed by atoms with Crippen LogP contribution >= 0.6 is 0 Å². The van der Waals surface area contributed by atoms with Crippen molar-refractivity contribution in [1.29, 1.82) is 0 Å². The van der Waals surface area contributed by atoms with Crippen molar-refractivity contribution >= 4 is 5.91 Å². The molecule has 3 aromatic rings. The van der Waals surface area contributed by atoms with E-state index >= 15 is 0 Å². The first-order valence-electron chi connectivity index (χ1n) is 9.45. The zero-order valence-corrected chi connectivity index (χ0v) is 16.0. The average molecular weight is 394 g/mol. The molecule has 4 rings (SSSR count). The number of benzene rings is 2. The molecule has 1 aliphatic heterocycles. The highest BCUT2D eigenvalue weighted by Crippen LogP contribution is 2.32. The second kappa shape index (κ2) is 8.74. The molecule has 1 aliphatic rings. The highest BCUT2D eigenvalue weighted by atomic mass is 16.5.